The quantitative estimate of drug-likeness (QED) is 0.588. The van der Waals surface area contributed by atoms with E-state index in [4.69, 9.17) is 14.2 Å². The molecule has 0 aromatic heterocycles. The molecule has 0 radical (unpaired) electrons. The first-order valence-corrected chi connectivity index (χ1v) is 10.5. The van der Waals surface area contributed by atoms with Crippen molar-refractivity contribution >= 4 is 27.5 Å². The molecule has 2 N–H and O–H groups in total. The van der Waals surface area contributed by atoms with Gasteiger partial charge in [0.1, 0.15) is 0 Å². The molecule has 0 saturated carbocycles. The summed E-state index contributed by atoms with van der Waals surface area (Å²) in [6, 6.07) is 11.4. The number of aryl methyl sites for hydroxylation is 1. The highest BCUT2D eigenvalue weighted by Crippen LogP contribution is 2.36. The summed E-state index contributed by atoms with van der Waals surface area (Å²) >= 11 is 3.58. The van der Waals surface area contributed by atoms with E-state index in [0.29, 0.717) is 18.0 Å². The first kappa shape index (κ1) is 21.6. The minimum absolute atomic E-state index is 0.112. The van der Waals surface area contributed by atoms with E-state index in [-0.39, 0.29) is 18.6 Å². The fourth-order valence-electron chi connectivity index (χ4n) is 3.20. The van der Waals surface area contributed by atoms with E-state index in [1.165, 1.54) is 0 Å². The molecule has 0 aliphatic carbocycles. The third-order valence-corrected chi connectivity index (χ3v) is 5.51. The van der Waals surface area contributed by atoms with Crippen molar-refractivity contribution in [1.82, 2.24) is 5.32 Å². The van der Waals surface area contributed by atoms with Crippen molar-refractivity contribution in [1.29, 1.82) is 0 Å². The van der Waals surface area contributed by atoms with Crippen LogP contribution >= 0.6 is 15.9 Å². The molecule has 0 bridgehead atoms. The van der Waals surface area contributed by atoms with Gasteiger partial charge in [-0.15, -0.1) is 0 Å². The van der Waals surface area contributed by atoms with Crippen LogP contribution in [0.2, 0.25) is 0 Å². The number of hydrogen-bond acceptors (Lipinski definition) is 5. The number of nitrogens with one attached hydrogen (secondary N) is 2. The number of rotatable bonds is 9. The third-order valence-electron chi connectivity index (χ3n) is 4.77. The Morgan fingerprint density at radius 1 is 1.24 bits per heavy atom. The lowest BCUT2D eigenvalue weighted by Crippen LogP contribution is -2.26. The van der Waals surface area contributed by atoms with Crippen molar-refractivity contribution < 1.29 is 19.0 Å². The molecule has 1 aliphatic heterocycles. The van der Waals surface area contributed by atoms with Crippen LogP contribution in [0.1, 0.15) is 24.0 Å². The number of benzene rings is 2. The molecule has 1 amide bonds. The number of carbonyl (C=O) groups excluding carboxylic acids is 1. The van der Waals surface area contributed by atoms with Crippen molar-refractivity contribution in [2.24, 2.45) is 0 Å². The van der Waals surface area contributed by atoms with Crippen LogP contribution in [-0.4, -0.2) is 38.9 Å². The van der Waals surface area contributed by atoms with Crippen LogP contribution in [0.5, 0.6) is 11.5 Å². The highest BCUT2D eigenvalue weighted by Gasteiger charge is 2.18. The minimum atomic E-state index is -0.228. The minimum Gasteiger partial charge on any atom is -0.493 e. The van der Waals surface area contributed by atoms with Crippen molar-refractivity contribution in [3.63, 3.8) is 0 Å². The highest BCUT2D eigenvalue weighted by atomic mass is 79.9. The molecule has 1 saturated heterocycles. The normalized spacial score (nSPS) is 15.9. The van der Waals surface area contributed by atoms with Gasteiger partial charge in [0.15, 0.2) is 18.1 Å². The predicted octanol–water partition coefficient (Wildman–Crippen LogP) is 4.05. The summed E-state index contributed by atoms with van der Waals surface area (Å²) < 4.78 is 17.9. The Labute approximate surface area is 180 Å². The fourth-order valence-corrected chi connectivity index (χ4v) is 3.65. The lowest BCUT2D eigenvalue weighted by Gasteiger charge is -2.18. The Balaban J connectivity index is 1.63. The first-order chi connectivity index (χ1) is 14.1. The summed E-state index contributed by atoms with van der Waals surface area (Å²) in [5.74, 6) is 0.917. The van der Waals surface area contributed by atoms with Gasteiger partial charge in [-0.25, -0.2) is 0 Å². The lowest BCUT2D eigenvalue weighted by molar-refractivity contribution is -0.118. The Morgan fingerprint density at radius 3 is 2.72 bits per heavy atom. The number of amides is 1. The summed E-state index contributed by atoms with van der Waals surface area (Å²) in [5.41, 5.74) is 2.78. The molecule has 29 heavy (non-hydrogen) atoms. The summed E-state index contributed by atoms with van der Waals surface area (Å²) in [7, 11) is 1.59. The number of ether oxygens (including phenoxy) is 3. The van der Waals surface area contributed by atoms with Gasteiger partial charge in [0.2, 0.25) is 0 Å². The molecule has 156 valence electrons. The first-order valence-electron chi connectivity index (χ1n) is 9.74. The number of hydrogen-bond donors (Lipinski definition) is 2. The van der Waals surface area contributed by atoms with E-state index in [1.807, 2.05) is 43.3 Å². The zero-order valence-corrected chi connectivity index (χ0v) is 18.4. The van der Waals surface area contributed by atoms with Gasteiger partial charge in [-0.1, -0.05) is 33.6 Å². The van der Waals surface area contributed by atoms with Crippen LogP contribution in [0.4, 0.5) is 5.69 Å². The second-order valence-electron chi connectivity index (χ2n) is 7.03. The topological polar surface area (TPSA) is 68.8 Å². The molecule has 6 nitrogen and oxygen atoms in total. The molecule has 2 aromatic carbocycles. The van der Waals surface area contributed by atoms with Crippen molar-refractivity contribution in [2.75, 3.05) is 32.2 Å². The molecule has 1 atom stereocenters. The summed E-state index contributed by atoms with van der Waals surface area (Å²) in [6.07, 6.45) is 2.44. The lowest BCUT2D eigenvalue weighted by atomic mass is 10.1. The maximum Gasteiger partial charge on any atom is 0.262 e. The second-order valence-corrected chi connectivity index (χ2v) is 7.88. The smallest absolute Gasteiger partial charge is 0.262 e. The molecule has 1 heterocycles. The Hall–Kier alpha value is -2.09. The van der Waals surface area contributed by atoms with Crippen LogP contribution in [0, 0.1) is 6.92 Å². The average molecular weight is 463 g/mol. The highest BCUT2D eigenvalue weighted by molar-refractivity contribution is 9.10. The second kappa shape index (κ2) is 10.6. The Kier molecular flexibility index (Phi) is 7.91. The predicted molar refractivity (Wildman–Crippen MR) is 117 cm³/mol. The van der Waals surface area contributed by atoms with E-state index in [0.717, 1.165) is 47.3 Å². The Bertz CT molecular complexity index is 820. The van der Waals surface area contributed by atoms with Crippen LogP contribution in [-0.2, 0) is 16.1 Å². The Morgan fingerprint density at radius 2 is 2.03 bits per heavy atom. The summed E-state index contributed by atoms with van der Waals surface area (Å²) in [4.78, 5) is 12.3. The maximum atomic E-state index is 12.3. The molecule has 7 heteroatoms. The number of methoxy groups -OCH3 is 1. The molecule has 1 unspecified atom stereocenters. The van der Waals surface area contributed by atoms with Crippen molar-refractivity contribution in [3.05, 3.63) is 52.0 Å². The fraction of sp³-hybridized carbons (Fsp3) is 0.409. The van der Waals surface area contributed by atoms with Crippen LogP contribution in [0.15, 0.2) is 40.9 Å². The van der Waals surface area contributed by atoms with Gasteiger partial charge in [0.25, 0.3) is 5.91 Å². The zero-order valence-electron chi connectivity index (χ0n) is 16.8. The molecule has 0 spiro atoms. The molecular weight excluding hydrogens is 436 g/mol. The van der Waals surface area contributed by atoms with Gasteiger partial charge < -0.3 is 24.8 Å². The van der Waals surface area contributed by atoms with E-state index < -0.39 is 0 Å². The maximum absolute atomic E-state index is 12.3. The van der Waals surface area contributed by atoms with Crippen LogP contribution < -0.4 is 20.1 Å². The van der Waals surface area contributed by atoms with E-state index in [2.05, 4.69) is 26.6 Å². The summed E-state index contributed by atoms with van der Waals surface area (Å²) in [5, 5.41) is 6.26. The van der Waals surface area contributed by atoms with Gasteiger partial charge in [0.05, 0.1) is 13.2 Å². The van der Waals surface area contributed by atoms with Gasteiger partial charge in [0, 0.05) is 35.4 Å². The summed E-state index contributed by atoms with van der Waals surface area (Å²) in [6.45, 7) is 4.07. The van der Waals surface area contributed by atoms with Gasteiger partial charge >= 0.3 is 0 Å². The van der Waals surface area contributed by atoms with Crippen LogP contribution in [0.3, 0.4) is 0 Å². The molecule has 1 fully saturated rings. The van der Waals surface area contributed by atoms with E-state index in [1.54, 1.807) is 7.11 Å². The standard InChI is InChI=1S/C22H27BrN2O4/c1-15-5-7-16(8-6-15)25-21(26)14-29-22-18(19(23)9-10-20(22)27-2)13-24-12-17-4-3-11-28-17/h5-10,17,24H,3-4,11-14H2,1-2H3,(H,25,26). The van der Waals surface area contributed by atoms with Gasteiger partial charge in [-0.2, -0.15) is 0 Å². The third kappa shape index (κ3) is 6.19. The van der Waals surface area contributed by atoms with Crippen molar-refractivity contribution in [3.8, 4) is 11.5 Å². The molecule has 2 aromatic rings. The monoisotopic (exact) mass is 462 g/mol. The number of carbonyl (C=O) groups is 1. The number of halogens is 1. The van der Waals surface area contributed by atoms with E-state index >= 15 is 0 Å². The van der Waals surface area contributed by atoms with Gasteiger partial charge in [-0.3, -0.25) is 4.79 Å². The number of anilines is 1. The molecular formula is C22H27BrN2O4. The zero-order chi connectivity index (χ0) is 20.6. The van der Waals surface area contributed by atoms with Crippen LogP contribution in [0.25, 0.3) is 0 Å². The van der Waals surface area contributed by atoms with E-state index in [9.17, 15) is 4.79 Å². The average Bonchev–Trinajstić information content (AvgIpc) is 3.23. The largest absolute Gasteiger partial charge is 0.493 e. The SMILES string of the molecule is COc1ccc(Br)c(CNCC2CCCO2)c1OCC(=O)Nc1ccc(C)cc1. The van der Waals surface area contributed by atoms with Gasteiger partial charge in [-0.05, 0) is 44.0 Å². The van der Waals surface area contributed by atoms with Crippen molar-refractivity contribution in [2.45, 2.75) is 32.4 Å². The molecule has 3 rings (SSSR count). The molecule has 1 aliphatic rings.